The molecule has 0 fully saturated rings. The quantitative estimate of drug-likeness (QED) is 0.723. The molecule has 0 aromatic heterocycles. The van der Waals surface area contributed by atoms with Crippen molar-refractivity contribution in [2.24, 2.45) is 0 Å². The Bertz CT molecular complexity index is 804. The van der Waals surface area contributed by atoms with Crippen molar-refractivity contribution in [3.05, 3.63) is 58.1 Å². The first-order chi connectivity index (χ1) is 12.2. The Kier molecular flexibility index (Phi) is 6.51. The number of halogens is 2. The lowest BCUT2D eigenvalue weighted by atomic mass is 10.1. The van der Waals surface area contributed by atoms with Crippen LogP contribution in [0.4, 0.5) is 5.69 Å². The Hall–Kier alpha value is -2.24. The van der Waals surface area contributed by atoms with Crippen molar-refractivity contribution in [1.82, 2.24) is 0 Å². The van der Waals surface area contributed by atoms with Crippen molar-refractivity contribution >= 4 is 40.8 Å². The number of rotatable bonds is 6. The van der Waals surface area contributed by atoms with Gasteiger partial charge in [-0.05, 0) is 62.7 Å². The van der Waals surface area contributed by atoms with Crippen molar-refractivity contribution in [1.29, 1.82) is 0 Å². The van der Waals surface area contributed by atoms with Crippen molar-refractivity contribution in [3.8, 4) is 5.75 Å². The van der Waals surface area contributed by atoms with E-state index in [1.807, 2.05) is 6.92 Å². The molecular weight excluding hydrogens is 377 g/mol. The molecule has 0 aliphatic heterocycles. The third-order valence-electron chi connectivity index (χ3n) is 3.49. The number of anilines is 1. The zero-order chi connectivity index (χ0) is 19.3. The maximum atomic E-state index is 12.2. The molecule has 0 saturated carbocycles. The third kappa shape index (κ3) is 5.64. The highest BCUT2D eigenvalue weighted by atomic mass is 35.5. The normalized spacial score (nSPS) is 11.0. The summed E-state index contributed by atoms with van der Waals surface area (Å²) in [4.78, 5) is 24.3. The van der Waals surface area contributed by atoms with Crippen LogP contribution in [0.2, 0.25) is 10.0 Å². The highest BCUT2D eigenvalue weighted by Crippen LogP contribution is 2.22. The standard InChI is InChI=1S/C19H19Cl2NO4/c1-12-4-5-14(21)10-16(12)22-17(23)11-25-18(24)19(2,3)26-15-8-6-13(20)7-9-15/h4-10H,11H2,1-3H3,(H,22,23). The Morgan fingerprint density at radius 1 is 1.04 bits per heavy atom. The molecule has 0 spiro atoms. The minimum absolute atomic E-state index is 0.432. The van der Waals surface area contributed by atoms with Crippen LogP contribution in [0, 0.1) is 6.92 Å². The van der Waals surface area contributed by atoms with Gasteiger partial charge in [-0.1, -0.05) is 29.3 Å². The summed E-state index contributed by atoms with van der Waals surface area (Å²) in [5, 5.41) is 3.72. The zero-order valence-corrected chi connectivity index (χ0v) is 16.1. The number of benzene rings is 2. The number of hydrogen-bond donors (Lipinski definition) is 1. The smallest absolute Gasteiger partial charge is 0.350 e. The lowest BCUT2D eigenvalue weighted by molar-refractivity contribution is -0.161. The van der Waals surface area contributed by atoms with E-state index in [1.54, 1.807) is 56.3 Å². The monoisotopic (exact) mass is 395 g/mol. The molecule has 2 rings (SSSR count). The molecule has 0 aliphatic carbocycles. The number of ether oxygens (including phenoxy) is 2. The molecule has 0 heterocycles. The van der Waals surface area contributed by atoms with Crippen LogP contribution in [-0.2, 0) is 14.3 Å². The van der Waals surface area contributed by atoms with Crippen LogP contribution < -0.4 is 10.1 Å². The highest BCUT2D eigenvalue weighted by molar-refractivity contribution is 6.31. The first-order valence-electron chi connectivity index (χ1n) is 7.85. The first-order valence-corrected chi connectivity index (χ1v) is 8.61. The van der Waals surface area contributed by atoms with Crippen molar-refractivity contribution < 1.29 is 19.1 Å². The second kappa shape index (κ2) is 8.43. The maximum Gasteiger partial charge on any atom is 0.350 e. The van der Waals surface area contributed by atoms with Crippen LogP contribution in [0.1, 0.15) is 19.4 Å². The summed E-state index contributed by atoms with van der Waals surface area (Å²) < 4.78 is 10.7. The minimum Gasteiger partial charge on any atom is -0.476 e. The van der Waals surface area contributed by atoms with Gasteiger partial charge in [-0.25, -0.2) is 4.79 Å². The van der Waals surface area contributed by atoms with E-state index in [4.69, 9.17) is 32.7 Å². The molecule has 1 N–H and O–H groups in total. The van der Waals surface area contributed by atoms with E-state index in [2.05, 4.69) is 5.32 Å². The van der Waals surface area contributed by atoms with E-state index in [9.17, 15) is 9.59 Å². The average molecular weight is 396 g/mol. The summed E-state index contributed by atoms with van der Waals surface area (Å²) in [6.45, 7) is 4.52. The first kappa shape index (κ1) is 20.1. The van der Waals surface area contributed by atoms with Crippen LogP contribution >= 0.6 is 23.2 Å². The lowest BCUT2D eigenvalue weighted by Gasteiger charge is -2.24. The Morgan fingerprint density at radius 3 is 2.31 bits per heavy atom. The van der Waals surface area contributed by atoms with Crippen molar-refractivity contribution in [2.75, 3.05) is 11.9 Å². The summed E-state index contributed by atoms with van der Waals surface area (Å²) in [6, 6.07) is 11.7. The van der Waals surface area contributed by atoms with Gasteiger partial charge in [-0.3, -0.25) is 4.79 Å². The predicted octanol–water partition coefficient (Wildman–Crippen LogP) is 4.64. The fraction of sp³-hybridized carbons (Fsp3) is 0.263. The molecule has 0 saturated heterocycles. The SMILES string of the molecule is Cc1ccc(Cl)cc1NC(=O)COC(=O)C(C)(C)Oc1ccc(Cl)cc1. The number of aryl methyl sites for hydroxylation is 1. The highest BCUT2D eigenvalue weighted by Gasteiger charge is 2.32. The van der Waals surface area contributed by atoms with Crippen LogP contribution in [0.5, 0.6) is 5.75 Å². The molecule has 138 valence electrons. The molecule has 0 aliphatic rings. The molecule has 1 amide bonds. The molecular formula is C19H19Cl2NO4. The largest absolute Gasteiger partial charge is 0.476 e. The number of carbonyl (C=O) groups is 2. The topological polar surface area (TPSA) is 64.6 Å². The Balaban J connectivity index is 1.90. The van der Waals surface area contributed by atoms with E-state index in [0.29, 0.717) is 21.5 Å². The van der Waals surface area contributed by atoms with Gasteiger partial charge in [0.25, 0.3) is 5.91 Å². The summed E-state index contributed by atoms with van der Waals surface area (Å²) in [6.07, 6.45) is 0. The van der Waals surface area contributed by atoms with Gasteiger partial charge in [0.1, 0.15) is 5.75 Å². The fourth-order valence-corrected chi connectivity index (χ4v) is 2.36. The van der Waals surface area contributed by atoms with Crippen LogP contribution in [0.25, 0.3) is 0 Å². The van der Waals surface area contributed by atoms with Crippen molar-refractivity contribution in [2.45, 2.75) is 26.4 Å². The van der Waals surface area contributed by atoms with Crippen LogP contribution in [0.3, 0.4) is 0 Å². The van der Waals surface area contributed by atoms with E-state index in [-0.39, 0.29) is 0 Å². The summed E-state index contributed by atoms with van der Waals surface area (Å²) in [7, 11) is 0. The number of carbonyl (C=O) groups excluding carboxylic acids is 2. The van der Waals surface area contributed by atoms with E-state index in [0.717, 1.165) is 5.56 Å². The minimum atomic E-state index is -1.26. The summed E-state index contributed by atoms with van der Waals surface area (Å²) in [5.74, 6) is -0.660. The van der Waals surface area contributed by atoms with E-state index in [1.165, 1.54) is 0 Å². The van der Waals surface area contributed by atoms with Gasteiger partial charge in [0.05, 0.1) is 0 Å². The number of nitrogens with one attached hydrogen (secondary N) is 1. The van der Waals surface area contributed by atoms with E-state index >= 15 is 0 Å². The van der Waals surface area contributed by atoms with Crippen LogP contribution in [-0.4, -0.2) is 24.1 Å². The number of hydrogen-bond acceptors (Lipinski definition) is 4. The van der Waals surface area contributed by atoms with Crippen LogP contribution in [0.15, 0.2) is 42.5 Å². The Morgan fingerprint density at radius 2 is 1.65 bits per heavy atom. The second-order valence-electron chi connectivity index (χ2n) is 6.15. The maximum absolute atomic E-state index is 12.2. The molecule has 0 atom stereocenters. The van der Waals surface area contributed by atoms with Gasteiger partial charge in [0.15, 0.2) is 12.2 Å². The molecule has 2 aromatic rings. The number of esters is 1. The lowest BCUT2D eigenvalue weighted by Crippen LogP contribution is -2.41. The van der Waals surface area contributed by atoms with Gasteiger partial charge < -0.3 is 14.8 Å². The molecule has 26 heavy (non-hydrogen) atoms. The predicted molar refractivity (Wildman–Crippen MR) is 102 cm³/mol. The number of amides is 1. The van der Waals surface area contributed by atoms with Gasteiger partial charge in [-0.15, -0.1) is 0 Å². The van der Waals surface area contributed by atoms with E-state index < -0.39 is 24.1 Å². The van der Waals surface area contributed by atoms with Gasteiger partial charge >= 0.3 is 5.97 Å². The molecule has 0 unspecified atom stereocenters. The molecule has 7 heteroatoms. The van der Waals surface area contributed by atoms with Crippen molar-refractivity contribution in [3.63, 3.8) is 0 Å². The molecule has 2 aromatic carbocycles. The second-order valence-corrected chi connectivity index (χ2v) is 7.02. The summed E-state index contributed by atoms with van der Waals surface area (Å²) in [5.41, 5.74) is 0.149. The molecule has 0 radical (unpaired) electrons. The Labute approximate surface area is 162 Å². The molecule has 0 bridgehead atoms. The average Bonchev–Trinajstić information content (AvgIpc) is 2.58. The van der Waals surface area contributed by atoms with Gasteiger partial charge in [0, 0.05) is 15.7 Å². The summed E-state index contributed by atoms with van der Waals surface area (Å²) >= 11 is 11.7. The van der Waals surface area contributed by atoms with Gasteiger partial charge in [-0.2, -0.15) is 0 Å². The molecule has 5 nitrogen and oxygen atoms in total. The fourth-order valence-electron chi connectivity index (χ4n) is 2.06. The third-order valence-corrected chi connectivity index (χ3v) is 3.97. The van der Waals surface area contributed by atoms with Gasteiger partial charge in [0.2, 0.25) is 0 Å². The zero-order valence-electron chi connectivity index (χ0n) is 14.6.